The molecule has 0 saturated heterocycles. The molecule has 0 aromatic heterocycles. The molecular formula is C7H8N6OS. The molecule has 7 nitrogen and oxygen atoms in total. The number of hydrogen-bond donors (Lipinski definition) is 2. The molecule has 0 fully saturated rings. The highest BCUT2D eigenvalue weighted by Crippen LogP contribution is 2.17. The number of nitrogens with zero attached hydrogens (tertiary/aromatic N) is 4. The number of rotatable bonds is 2. The van der Waals surface area contributed by atoms with E-state index in [1.54, 1.807) is 0 Å². The van der Waals surface area contributed by atoms with Crippen LogP contribution in [-0.2, 0) is 4.79 Å². The third-order valence-electron chi connectivity index (χ3n) is 1.77. The summed E-state index contributed by atoms with van der Waals surface area (Å²) >= 11 is 1.28. The van der Waals surface area contributed by atoms with Gasteiger partial charge in [-0.25, -0.2) is 20.8 Å². The highest BCUT2D eigenvalue weighted by Gasteiger charge is 2.26. The molecule has 78 valence electrons. The predicted molar refractivity (Wildman–Crippen MR) is 60.4 cm³/mol. The summed E-state index contributed by atoms with van der Waals surface area (Å²) < 4.78 is 0. The molecule has 2 aliphatic rings. The van der Waals surface area contributed by atoms with Crippen LogP contribution in [0.1, 0.15) is 0 Å². The minimum atomic E-state index is -0.259. The molecule has 0 spiro atoms. The van der Waals surface area contributed by atoms with Crippen LogP contribution in [0.25, 0.3) is 0 Å². The van der Waals surface area contributed by atoms with Gasteiger partial charge in [0.2, 0.25) is 5.91 Å². The zero-order valence-electron chi connectivity index (χ0n) is 7.62. The number of hydrogen-bond acceptors (Lipinski definition) is 7. The van der Waals surface area contributed by atoms with Gasteiger partial charge in [0.05, 0.1) is 5.75 Å². The molecule has 1 unspecified atom stereocenters. The number of aliphatic imine (C=N–C) groups is 4. The van der Waals surface area contributed by atoms with Gasteiger partial charge in [-0.2, -0.15) is 0 Å². The fraction of sp³-hybridized carbons (Fsp3) is 0.286. The van der Waals surface area contributed by atoms with Crippen molar-refractivity contribution in [1.82, 2.24) is 5.43 Å². The zero-order chi connectivity index (χ0) is 10.7. The van der Waals surface area contributed by atoms with Gasteiger partial charge in [0, 0.05) is 0 Å². The minimum Gasteiger partial charge on any atom is -0.294 e. The Balaban J connectivity index is 2.00. The van der Waals surface area contributed by atoms with E-state index in [2.05, 4.69) is 20.0 Å². The summed E-state index contributed by atoms with van der Waals surface area (Å²) in [5, 5.41) is 0.709. The van der Waals surface area contributed by atoms with E-state index < -0.39 is 0 Å². The van der Waals surface area contributed by atoms with Gasteiger partial charge in [-0.1, -0.05) is 11.8 Å². The molecular weight excluding hydrogens is 216 g/mol. The van der Waals surface area contributed by atoms with Crippen molar-refractivity contribution < 1.29 is 4.79 Å². The van der Waals surface area contributed by atoms with Crippen molar-refractivity contribution in [1.29, 1.82) is 0 Å². The fourth-order valence-corrected chi connectivity index (χ4v) is 1.90. The van der Waals surface area contributed by atoms with E-state index in [4.69, 9.17) is 5.84 Å². The maximum absolute atomic E-state index is 10.9. The van der Waals surface area contributed by atoms with Crippen LogP contribution in [0.4, 0.5) is 0 Å². The van der Waals surface area contributed by atoms with E-state index in [0.717, 1.165) is 0 Å². The van der Waals surface area contributed by atoms with Crippen LogP contribution < -0.4 is 11.3 Å². The predicted octanol–water partition coefficient (Wildman–Crippen LogP) is -1.04. The number of carbonyl (C=O) groups excluding carboxylic acids is 1. The van der Waals surface area contributed by atoms with Gasteiger partial charge in [-0.05, 0) is 0 Å². The van der Waals surface area contributed by atoms with Crippen LogP contribution in [-0.4, -0.2) is 41.3 Å². The number of amidine groups is 1. The summed E-state index contributed by atoms with van der Waals surface area (Å²) in [5.74, 6) is 5.53. The highest BCUT2D eigenvalue weighted by molar-refractivity contribution is 8.14. The van der Waals surface area contributed by atoms with Crippen LogP contribution in [0, 0.1) is 0 Å². The summed E-state index contributed by atoms with van der Waals surface area (Å²) in [6, 6.07) is -0.245. The Kier molecular flexibility index (Phi) is 2.88. The molecule has 1 amide bonds. The first kappa shape index (κ1) is 9.99. The molecule has 2 aliphatic heterocycles. The topological polar surface area (TPSA) is 105 Å². The largest absolute Gasteiger partial charge is 0.294 e. The van der Waals surface area contributed by atoms with E-state index in [1.165, 1.54) is 24.4 Å². The van der Waals surface area contributed by atoms with Crippen molar-refractivity contribution in [3.63, 3.8) is 0 Å². The van der Waals surface area contributed by atoms with Crippen molar-refractivity contribution in [3.8, 4) is 0 Å². The molecule has 15 heavy (non-hydrogen) atoms. The van der Waals surface area contributed by atoms with Gasteiger partial charge < -0.3 is 0 Å². The van der Waals surface area contributed by atoms with Crippen LogP contribution in [0.15, 0.2) is 20.0 Å². The van der Waals surface area contributed by atoms with E-state index in [0.29, 0.717) is 10.9 Å². The second-order valence-electron chi connectivity index (χ2n) is 2.72. The molecule has 0 radical (unpaired) electrons. The monoisotopic (exact) mass is 224 g/mol. The molecule has 0 bridgehead atoms. The second-order valence-corrected chi connectivity index (χ2v) is 3.72. The summed E-state index contributed by atoms with van der Waals surface area (Å²) in [4.78, 5) is 27.0. The van der Waals surface area contributed by atoms with E-state index in [9.17, 15) is 4.79 Å². The Morgan fingerprint density at radius 3 is 3.20 bits per heavy atom. The lowest BCUT2D eigenvalue weighted by molar-refractivity contribution is -0.118. The third-order valence-corrected chi connectivity index (χ3v) is 2.80. The molecule has 0 aromatic rings. The lowest BCUT2D eigenvalue weighted by atomic mass is 10.3. The molecule has 3 N–H and O–H groups in total. The number of amides is 1. The Labute approximate surface area is 89.6 Å². The highest BCUT2D eigenvalue weighted by atomic mass is 32.2. The summed E-state index contributed by atoms with van der Waals surface area (Å²) in [7, 11) is 0. The first-order valence-electron chi connectivity index (χ1n) is 4.13. The SMILES string of the molecule is NNC(=O)CSC1=NC=NC2=NC=NC21. The Hall–Kier alpha value is -1.54. The van der Waals surface area contributed by atoms with E-state index in [-0.39, 0.29) is 17.7 Å². The Bertz CT molecular complexity index is 398. The number of fused-ring (bicyclic) bond motifs is 1. The molecule has 2 rings (SSSR count). The molecule has 1 atom stereocenters. The van der Waals surface area contributed by atoms with Gasteiger partial charge in [-0.15, -0.1) is 0 Å². The Morgan fingerprint density at radius 1 is 1.53 bits per heavy atom. The molecule has 0 saturated carbocycles. The lowest BCUT2D eigenvalue weighted by Gasteiger charge is -2.12. The minimum absolute atomic E-state index is 0.211. The van der Waals surface area contributed by atoms with Gasteiger partial charge >= 0.3 is 0 Å². The van der Waals surface area contributed by atoms with Crippen molar-refractivity contribution >= 4 is 41.2 Å². The average molecular weight is 224 g/mol. The summed E-state index contributed by atoms with van der Waals surface area (Å²) in [5.41, 5.74) is 2.05. The van der Waals surface area contributed by atoms with Gasteiger partial charge in [0.1, 0.15) is 17.7 Å². The normalized spacial score (nSPS) is 22.1. The van der Waals surface area contributed by atoms with E-state index >= 15 is 0 Å². The number of carbonyl (C=O) groups is 1. The van der Waals surface area contributed by atoms with Gasteiger partial charge in [0.25, 0.3) is 0 Å². The van der Waals surface area contributed by atoms with Crippen molar-refractivity contribution in [2.45, 2.75) is 6.04 Å². The van der Waals surface area contributed by atoms with E-state index in [1.807, 2.05) is 5.43 Å². The zero-order valence-corrected chi connectivity index (χ0v) is 8.44. The smallest absolute Gasteiger partial charge is 0.244 e. The van der Waals surface area contributed by atoms with Crippen molar-refractivity contribution in [3.05, 3.63) is 0 Å². The van der Waals surface area contributed by atoms with Gasteiger partial charge in [-0.3, -0.25) is 15.2 Å². The average Bonchev–Trinajstić information content (AvgIpc) is 2.74. The van der Waals surface area contributed by atoms with Crippen molar-refractivity contribution in [2.24, 2.45) is 25.8 Å². The number of nitrogens with one attached hydrogen (secondary N) is 1. The molecule has 0 aliphatic carbocycles. The lowest BCUT2D eigenvalue weighted by Crippen LogP contribution is -2.33. The van der Waals surface area contributed by atoms with Crippen LogP contribution in [0.3, 0.4) is 0 Å². The first-order chi connectivity index (χ1) is 7.31. The molecule has 0 aromatic carbocycles. The molecule has 8 heteroatoms. The number of hydrazine groups is 1. The molecule has 2 heterocycles. The van der Waals surface area contributed by atoms with Crippen LogP contribution >= 0.6 is 11.8 Å². The maximum Gasteiger partial charge on any atom is 0.244 e. The summed E-state index contributed by atoms with van der Waals surface area (Å²) in [6.45, 7) is 0. The standard InChI is InChI=1S/C7H8N6OS/c8-13-4(14)1-15-7-5-6(10-2-9-5)11-3-12-7/h2-3,5H,1,8H2,(H,13,14). The first-order valence-corrected chi connectivity index (χ1v) is 5.11. The van der Waals surface area contributed by atoms with Crippen molar-refractivity contribution in [2.75, 3.05) is 5.75 Å². The number of thioether (sulfide) groups is 1. The van der Waals surface area contributed by atoms with Crippen LogP contribution in [0.2, 0.25) is 0 Å². The summed E-state index contributed by atoms with van der Waals surface area (Å²) in [6.07, 6.45) is 2.86. The fourth-order valence-electron chi connectivity index (χ4n) is 1.09. The third kappa shape index (κ3) is 2.10. The maximum atomic E-state index is 10.9. The van der Waals surface area contributed by atoms with Crippen LogP contribution in [0.5, 0.6) is 0 Å². The number of nitrogens with two attached hydrogens (primary N) is 1. The second kappa shape index (κ2) is 4.32. The Morgan fingerprint density at radius 2 is 2.40 bits per heavy atom. The van der Waals surface area contributed by atoms with Gasteiger partial charge in [0.15, 0.2) is 11.9 Å². The quantitative estimate of drug-likeness (QED) is 0.355.